The second kappa shape index (κ2) is 9.81. The van der Waals surface area contributed by atoms with Gasteiger partial charge in [0.05, 0.1) is 29.4 Å². The summed E-state index contributed by atoms with van der Waals surface area (Å²) in [6, 6.07) is 4.57. The normalized spacial score (nSPS) is 20.4. The first-order chi connectivity index (χ1) is 18.7. The maximum Gasteiger partial charge on any atom is 0.226 e. The van der Waals surface area contributed by atoms with Gasteiger partial charge in [0.15, 0.2) is 0 Å². The number of H-pyrrole nitrogens is 1. The van der Waals surface area contributed by atoms with E-state index in [2.05, 4.69) is 35.3 Å². The number of amides is 1. The number of aromatic amines is 1. The topological polar surface area (TPSA) is 99.3 Å². The Labute approximate surface area is 225 Å². The van der Waals surface area contributed by atoms with Crippen LogP contribution < -0.4 is 10.1 Å². The van der Waals surface area contributed by atoms with E-state index in [1.165, 1.54) is 42.8 Å². The quantitative estimate of drug-likeness (QED) is 0.378. The van der Waals surface area contributed by atoms with E-state index in [-0.39, 0.29) is 5.92 Å². The molecule has 198 valence electrons. The van der Waals surface area contributed by atoms with Crippen LogP contribution in [0.2, 0.25) is 0 Å². The van der Waals surface area contributed by atoms with Crippen molar-refractivity contribution in [2.75, 3.05) is 38.1 Å². The van der Waals surface area contributed by atoms with Crippen LogP contribution in [0.4, 0.5) is 11.5 Å². The van der Waals surface area contributed by atoms with Crippen molar-refractivity contribution < 1.29 is 9.53 Å². The molecule has 9 nitrogen and oxygen atoms in total. The molecule has 2 fully saturated rings. The zero-order valence-electron chi connectivity index (χ0n) is 21.7. The Morgan fingerprint density at radius 2 is 2.08 bits per heavy atom. The summed E-state index contributed by atoms with van der Waals surface area (Å²) in [5, 5.41) is 12.8. The van der Waals surface area contributed by atoms with Crippen LogP contribution in [0.3, 0.4) is 0 Å². The molecule has 1 atom stereocenters. The third kappa shape index (κ3) is 4.19. The molecule has 5 heterocycles. The van der Waals surface area contributed by atoms with E-state index >= 15 is 0 Å². The Bertz CT molecular complexity index is 1490. The molecule has 0 spiro atoms. The number of hydrogen-bond donors (Lipinski definition) is 2. The number of rotatable bonds is 6. The van der Waals surface area contributed by atoms with Crippen LogP contribution >= 0.6 is 11.3 Å². The van der Waals surface area contributed by atoms with E-state index < -0.39 is 0 Å². The average molecular weight is 532 g/mol. The van der Waals surface area contributed by atoms with Gasteiger partial charge in [-0.1, -0.05) is 6.42 Å². The van der Waals surface area contributed by atoms with Gasteiger partial charge in [0.25, 0.3) is 0 Å². The number of carbonyl (C=O) groups excluding carboxylic acids is 1. The lowest BCUT2D eigenvalue weighted by Gasteiger charge is -2.47. The molecule has 0 saturated carbocycles. The Morgan fingerprint density at radius 3 is 2.92 bits per heavy atom. The van der Waals surface area contributed by atoms with Crippen molar-refractivity contribution in [3.8, 4) is 5.75 Å². The minimum Gasteiger partial charge on any atom is -0.492 e. The van der Waals surface area contributed by atoms with Crippen molar-refractivity contribution in [1.82, 2.24) is 30.0 Å². The molecule has 1 aliphatic carbocycles. The molecular formula is C28H33N7O2S. The molecule has 2 aliphatic heterocycles. The van der Waals surface area contributed by atoms with Gasteiger partial charge < -0.3 is 15.0 Å². The maximum atomic E-state index is 13.4. The summed E-state index contributed by atoms with van der Waals surface area (Å²) in [4.78, 5) is 29.5. The molecule has 0 radical (unpaired) electrons. The number of nitrogens with zero attached hydrogens (tertiary/aromatic N) is 5. The number of anilines is 2. The number of benzene rings is 1. The van der Waals surface area contributed by atoms with Gasteiger partial charge in [0.1, 0.15) is 22.7 Å². The van der Waals surface area contributed by atoms with Gasteiger partial charge in [-0.3, -0.25) is 14.8 Å². The van der Waals surface area contributed by atoms with Gasteiger partial charge in [-0.15, -0.1) is 11.3 Å². The predicted octanol–water partition coefficient (Wildman–Crippen LogP) is 4.51. The monoisotopic (exact) mass is 531 g/mol. The first kappa shape index (κ1) is 23.8. The van der Waals surface area contributed by atoms with Crippen LogP contribution in [0.5, 0.6) is 5.75 Å². The van der Waals surface area contributed by atoms with E-state index in [1.54, 1.807) is 17.7 Å². The highest BCUT2D eigenvalue weighted by Crippen LogP contribution is 2.42. The number of piperidine rings is 1. The van der Waals surface area contributed by atoms with E-state index in [4.69, 9.17) is 4.74 Å². The van der Waals surface area contributed by atoms with Crippen LogP contribution in [0.15, 0.2) is 24.7 Å². The average Bonchev–Trinajstić information content (AvgIpc) is 3.52. The molecule has 2 saturated heterocycles. The van der Waals surface area contributed by atoms with Crippen molar-refractivity contribution in [2.24, 2.45) is 5.92 Å². The van der Waals surface area contributed by atoms with Crippen LogP contribution in [0, 0.1) is 5.92 Å². The van der Waals surface area contributed by atoms with Crippen molar-refractivity contribution in [2.45, 2.75) is 51.5 Å². The smallest absolute Gasteiger partial charge is 0.226 e. The number of hydrogen-bond acceptors (Lipinski definition) is 8. The molecule has 10 heteroatoms. The zero-order valence-corrected chi connectivity index (χ0v) is 22.5. The Morgan fingerprint density at radius 1 is 1.21 bits per heavy atom. The van der Waals surface area contributed by atoms with Gasteiger partial charge in [0.2, 0.25) is 5.91 Å². The van der Waals surface area contributed by atoms with E-state index in [1.807, 2.05) is 25.3 Å². The minimum atomic E-state index is 0.0651. The second-order valence-corrected chi connectivity index (χ2v) is 11.8. The molecule has 0 unspecified atom stereocenters. The lowest BCUT2D eigenvalue weighted by Crippen LogP contribution is -2.63. The van der Waals surface area contributed by atoms with Gasteiger partial charge in [-0.05, 0) is 63.7 Å². The SMILES string of the molecule is CCOc1cc2[nH]ncc2cc1Nc1ncnc2sc3c(c12)CC[C@H](C(=O)N1CC(N2CCCCC2)C1)C3. The number of ether oxygens (including phenoxy) is 1. The molecule has 1 aromatic carbocycles. The second-order valence-electron chi connectivity index (χ2n) is 10.7. The first-order valence-electron chi connectivity index (χ1n) is 13.8. The van der Waals surface area contributed by atoms with Crippen LogP contribution in [0.25, 0.3) is 21.1 Å². The molecule has 3 aromatic heterocycles. The lowest BCUT2D eigenvalue weighted by molar-refractivity contribution is -0.143. The van der Waals surface area contributed by atoms with Crippen LogP contribution in [-0.4, -0.2) is 74.7 Å². The van der Waals surface area contributed by atoms with E-state index in [9.17, 15) is 4.79 Å². The summed E-state index contributed by atoms with van der Waals surface area (Å²) in [7, 11) is 0. The number of aryl methyl sites for hydroxylation is 1. The molecule has 3 aliphatic rings. The summed E-state index contributed by atoms with van der Waals surface area (Å²) in [6.07, 6.45) is 9.91. The fourth-order valence-electron chi connectivity index (χ4n) is 6.30. The molecule has 38 heavy (non-hydrogen) atoms. The van der Waals surface area contributed by atoms with Gasteiger partial charge in [0, 0.05) is 41.4 Å². The van der Waals surface area contributed by atoms with Crippen molar-refractivity contribution >= 4 is 49.9 Å². The number of fused-ring (bicyclic) bond motifs is 4. The van der Waals surface area contributed by atoms with Crippen molar-refractivity contribution in [3.63, 3.8) is 0 Å². The van der Waals surface area contributed by atoms with Gasteiger partial charge in [-0.2, -0.15) is 5.10 Å². The maximum absolute atomic E-state index is 13.4. The Balaban J connectivity index is 1.11. The summed E-state index contributed by atoms with van der Waals surface area (Å²) < 4.78 is 5.92. The molecule has 7 rings (SSSR count). The zero-order chi connectivity index (χ0) is 25.6. The van der Waals surface area contributed by atoms with Gasteiger partial charge >= 0.3 is 0 Å². The fraction of sp³-hybridized carbons (Fsp3) is 0.500. The molecule has 2 N–H and O–H groups in total. The summed E-state index contributed by atoms with van der Waals surface area (Å²) in [6.45, 7) is 6.73. The number of likely N-dealkylation sites (tertiary alicyclic amines) is 2. The van der Waals surface area contributed by atoms with Crippen molar-refractivity contribution in [3.05, 3.63) is 35.1 Å². The predicted molar refractivity (Wildman–Crippen MR) is 149 cm³/mol. The summed E-state index contributed by atoms with van der Waals surface area (Å²) >= 11 is 1.71. The lowest BCUT2D eigenvalue weighted by atomic mass is 9.86. The van der Waals surface area contributed by atoms with E-state index in [0.717, 1.165) is 70.7 Å². The number of aromatic nitrogens is 4. The first-order valence-corrected chi connectivity index (χ1v) is 14.6. The highest BCUT2D eigenvalue weighted by atomic mass is 32.1. The Kier molecular flexibility index (Phi) is 6.16. The molecule has 1 amide bonds. The minimum absolute atomic E-state index is 0.0651. The highest BCUT2D eigenvalue weighted by molar-refractivity contribution is 7.19. The summed E-state index contributed by atoms with van der Waals surface area (Å²) in [5.41, 5.74) is 3.07. The largest absolute Gasteiger partial charge is 0.492 e. The molecular weight excluding hydrogens is 498 g/mol. The van der Waals surface area contributed by atoms with Crippen LogP contribution in [0.1, 0.15) is 43.0 Å². The van der Waals surface area contributed by atoms with Gasteiger partial charge in [-0.25, -0.2) is 9.97 Å². The van der Waals surface area contributed by atoms with E-state index in [0.29, 0.717) is 18.6 Å². The van der Waals surface area contributed by atoms with Crippen LogP contribution in [-0.2, 0) is 17.6 Å². The molecule has 4 aromatic rings. The van der Waals surface area contributed by atoms with Crippen molar-refractivity contribution in [1.29, 1.82) is 0 Å². The number of carbonyl (C=O) groups is 1. The number of thiophene rings is 1. The number of nitrogens with one attached hydrogen (secondary N) is 2. The third-order valence-corrected chi connectivity index (χ3v) is 9.53. The molecule has 0 bridgehead atoms. The Hall–Kier alpha value is -3.24. The standard InChI is InChI=1S/C28H33N7O2S/c1-2-37-23-12-21-18(13-31-33-21)10-22(23)32-26-25-20-7-6-17(11-24(20)38-27(25)30-16-29-26)28(36)35-14-19(15-35)34-8-4-3-5-9-34/h10,12-13,16-17,19H,2-9,11,14-15H2,1H3,(H,31,33)(H,29,30,32)/t17-/m0/s1. The fourth-order valence-corrected chi connectivity index (χ4v) is 7.56. The third-order valence-electron chi connectivity index (χ3n) is 8.37. The summed E-state index contributed by atoms with van der Waals surface area (Å²) in [5.74, 6) is 1.94. The highest BCUT2D eigenvalue weighted by Gasteiger charge is 2.39.